The Kier molecular flexibility index (Phi) is 5.13. The number of hydrogen-bond donors (Lipinski definition) is 2. The minimum Gasteiger partial charge on any atom is -0.491 e. The molecule has 0 aliphatic rings. The maximum atomic E-state index is 12.0. The van der Waals surface area contributed by atoms with Gasteiger partial charge < -0.3 is 15.0 Å². The van der Waals surface area contributed by atoms with Crippen molar-refractivity contribution in [3.63, 3.8) is 0 Å². The van der Waals surface area contributed by atoms with Crippen molar-refractivity contribution in [1.82, 2.24) is 9.97 Å². The van der Waals surface area contributed by atoms with E-state index in [1.54, 1.807) is 24.5 Å². The summed E-state index contributed by atoms with van der Waals surface area (Å²) in [6, 6.07) is 14.7. The molecule has 6 heteroatoms. The van der Waals surface area contributed by atoms with Crippen molar-refractivity contribution in [1.29, 1.82) is 0 Å². The van der Waals surface area contributed by atoms with Gasteiger partial charge >= 0.3 is 0 Å². The average Bonchev–Trinajstić information content (AvgIpc) is 3.12. The first-order valence-electron chi connectivity index (χ1n) is 7.49. The Labute approximate surface area is 144 Å². The SMILES string of the molecule is O=C(CCOc1ccccc1Cl)Nc1ccc(-c2ncc[nH]2)cc1. The minimum absolute atomic E-state index is 0.118. The molecule has 0 aliphatic heterocycles. The van der Waals surface area contributed by atoms with Crippen LogP contribution in [-0.2, 0) is 4.79 Å². The van der Waals surface area contributed by atoms with E-state index in [2.05, 4.69) is 15.3 Å². The van der Waals surface area contributed by atoms with Gasteiger partial charge in [-0.05, 0) is 36.4 Å². The molecule has 0 saturated carbocycles. The van der Waals surface area contributed by atoms with Gasteiger partial charge in [0.15, 0.2) is 0 Å². The molecule has 3 aromatic rings. The molecule has 0 spiro atoms. The molecule has 2 aromatic carbocycles. The van der Waals surface area contributed by atoms with Gasteiger partial charge in [0.1, 0.15) is 11.6 Å². The highest BCUT2D eigenvalue weighted by Crippen LogP contribution is 2.23. The van der Waals surface area contributed by atoms with Crippen molar-refractivity contribution in [3.05, 3.63) is 65.9 Å². The quantitative estimate of drug-likeness (QED) is 0.708. The van der Waals surface area contributed by atoms with Crippen LogP contribution in [-0.4, -0.2) is 22.5 Å². The van der Waals surface area contributed by atoms with E-state index in [0.29, 0.717) is 10.8 Å². The normalized spacial score (nSPS) is 10.4. The van der Waals surface area contributed by atoms with E-state index in [1.807, 2.05) is 36.4 Å². The first kappa shape index (κ1) is 16.1. The molecule has 0 bridgehead atoms. The van der Waals surface area contributed by atoms with Gasteiger partial charge in [-0.3, -0.25) is 4.79 Å². The first-order valence-corrected chi connectivity index (χ1v) is 7.87. The highest BCUT2D eigenvalue weighted by molar-refractivity contribution is 6.32. The average molecular weight is 342 g/mol. The van der Waals surface area contributed by atoms with Crippen LogP contribution in [0, 0.1) is 0 Å². The second-order valence-corrected chi connectivity index (χ2v) is 5.50. The number of benzene rings is 2. The Bertz CT molecular complexity index is 801. The summed E-state index contributed by atoms with van der Waals surface area (Å²) in [5, 5.41) is 3.37. The van der Waals surface area contributed by atoms with Crippen LogP contribution in [0.5, 0.6) is 5.75 Å². The van der Waals surface area contributed by atoms with Gasteiger partial charge in [-0.15, -0.1) is 0 Å². The molecule has 0 aliphatic carbocycles. The topological polar surface area (TPSA) is 67.0 Å². The highest BCUT2D eigenvalue weighted by atomic mass is 35.5. The number of carbonyl (C=O) groups is 1. The maximum absolute atomic E-state index is 12.0. The number of anilines is 1. The summed E-state index contributed by atoms with van der Waals surface area (Å²) in [6.45, 7) is 0.264. The first-order chi connectivity index (χ1) is 11.7. The second kappa shape index (κ2) is 7.66. The third-order valence-electron chi connectivity index (χ3n) is 3.36. The smallest absolute Gasteiger partial charge is 0.227 e. The fourth-order valence-electron chi connectivity index (χ4n) is 2.17. The Morgan fingerprint density at radius 1 is 1.17 bits per heavy atom. The van der Waals surface area contributed by atoms with Crippen LogP contribution in [0.3, 0.4) is 0 Å². The van der Waals surface area contributed by atoms with Crippen molar-refractivity contribution < 1.29 is 9.53 Å². The van der Waals surface area contributed by atoms with Gasteiger partial charge in [-0.2, -0.15) is 0 Å². The zero-order valence-electron chi connectivity index (χ0n) is 12.8. The second-order valence-electron chi connectivity index (χ2n) is 5.09. The zero-order chi connectivity index (χ0) is 16.8. The van der Waals surface area contributed by atoms with Gasteiger partial charge in [0.05, 0.1) is 18.1 Å². The van der Waals surface area contributed by atoms with Crippen molar-refractivity contribution in [2.75, 3.05) is 11.9 Å². The fourth-order valence-corrected chi connectivity index (χ4v) is 2.36. The summed E-state index contributed by atoms with van der Waals surface area (Å²) >= 11 is 5.99. The van der Waals surface area contributed by atoms with Crippen LogP contribution in [0.25, 0.3) is 11.4 Å². The lowest BCUT2D eigenvalue weighted by atomic mass is 10.2. The number of H-pyrrole nitrogens is 1. The number of amides is 1. The Hall–Kier alpha value is -2.79. The van der Waals surface area contributed by atoms with E-state index in [-0.39, 0.29) is 18.9 Å². The van der Waals surface area contributed by atoms with Crippen LogP contribution < -0.4 is 10.1 Å². The van der Waals surface area contributed by atoms with Crippen LogP contribution in [0.4, 0.5) is 5.69 Å². The number of hydrogen-bond acceptors (Lipinski definition) is 3. The van der Waals surface area contributed by atoms with Gasteiger partial charge in [-0.1, -0.05) is 23.7 Å². The number of nitrogens with zero attached hydrogens (tertiary/aromatic N) is 1. The molecule has 5 nitrogen and oxygen atoms in total. The number of aromatic nitrogens is 2. The fraction of sp³-hybridized carbons (Fsp3) is 0.111. The molecule has 0 radical (unpaired) electrons. The zero-order valence-corrected chi connectivity index (χ0v) is 13.6. The number of rotatable bonds is 6. The van der Waals surface area contributed by atoms with E-state index in [9.17, 15) is 4.79 Å². The number of ether oxygens (including phenoxy) is 1. The van der Waals surface area contributed by atoms with Gasteiger partial charge in [0.25, 0.3) is 0 Å². The van der Waals surface area contributed by atoms with Gasteiger partial charge in [-0.25, -0.2) is 4.98 Å². The molecule has 122 valence electrons. The van der Waals surface area contributed by atoms with E-state index >= 15 is 0 Å². The van der Waals surface area contributed by atoms with Crippen LogP contribution in [0.2, 0.25) is 5.02 Å². The molecule has 24 heavy (non-hydrogen) atoms. The predicted octanol–water partition coefficient (Wildman–Crippen LogP) is 4.14. The summed E-state index contributed by atoms with van der Waals surface area (Å²) in [5.41, 5.74) is 1.69. The Balaban J connectivity index is 1.49. The summed E-state index contributed by atoms with van der Waals surface area (Å²) in [6.07, 6.45) is 3.71. The largest absolute Gasteiger partial charge is 0.491 e. The summed E-state index contributed by atoms with van der Waals surface area (Å²) in [7, 11) is 0. The molecule has 1 heterocycles. The molecule has 1 aromatic heterocycles. The van der Waals surface area contributed by atoms with E-state index in [4.69, 9.17) is 16.3 Å². The van der Waals surface area contributed by atoms with Crippen LogP contribution in [0.15, 0.2) is 60.9 Å². The number of aromatic amines is 1. The van der Waals surface area contributed by atoms with Crippen molar-refractivity contribution in [3.8, 4) is 17.1 Å². The highest BCUT2D eigenvalue weighted by Gasteiger charge is 2.06. The minimum atomic E-state index is -0.118. The third-order valence-corrected chi connectivity index (χ3v) is 3.68. The lowest BCUT2D eigenvalue weighted by Gasteiger charge is -2.08. The van der Waals surface area contributed by atoms with Crippen molar-refractivity contribution in [2.45, 2.75) is 6.42 Å². The van der Waals surface area contributed by atoms with E-state index in [0.717, 1.165) is 17.1 Å². The van der Waals surface area contributed by atoms with E-state index < -0.39 is 0 Å². The van der Waals surface area contributed by atoms with Crippen molar-refractivity contribution >= 4 is 23.2 Å². The third kappa shape index (κ3) is 4.14. The van der Waals surface area contributed by atoms with Gasteiger partial charge in [0, 0.05) is 23.6 Å². The molecule has 2 N–H and O–H groups in total. The summed E-state index contributed by atoms with van der Waals surface area (Å²) in [4.78, 5) is 19.2. The molecular weight excluding hydrogens is 326 g/mol. The molecule has 0 fully saturated rings. The Morgan fingerprint density at radius 3 is 2.67 bits per heavy atom. The lowest BCUT2D eigenvalue weighted by Crippen LogP contribution is -2.15. The molecule has 0 saturated heterocycles. The number of carbonyl (C=O) groups excluding carboxylic acids is 1. The summed E-state index contributed by atoms with van der Waals surface area (Å²) < 4.78 is 5.51. The maximum Gasteiger partial charge on any atom is 0.227 e. The Morgan fingerprint density at radius 2 is 1.96 bits per heavy atom. The monoisotopic (exact) mass is 341 g/mol. The number of nitrogens with one attached hydrogen (secondary N) is 2. The summed E-state index contributed by atoms with van der Waals surface area (Å²) in [5.74, 6) is 1.25. The molecule has 0 unspecified atom stereocenters. The number of para-hydroxylation sites is 1. The molecular formula is C18H16ClN3O2. The predicted molar refractivity (Wildman–Crippen MR) is 94.2 cm³/mol. The van der Waals surface area contributed by atoms with Gasteiger partial charge in [0.2, 0.25) is 5.91 Å². The number of halogens is 1. The molecule has 1 amide bonds. The molecule has 0 atom stereocenters. The van der Waals surface area contributed by atoms with Crippen LogP contribution >= 0.6 is 11.6 Å². The van der Waals surface area contributed by atoms with E-state index in [1.165, 1.54) is 0 Å². The molecule has 3 rings (SSSR count). The van der Waals surface area contributed by atoms with Crippen molar-refractivity contribution in [2.24, 2.45) is 0 Å². The standard InChI is InChI=1S/C18H16ClN3O2/c19-15-3-1-2-4-16(15)24-12-9-17(23)22-14-7-5-13(6-8-14)18-20-10-11-21-18/h1-8,10-11H,9,12H2,(H,20,21)(H,22,23). The van der Waals surface area contributed by atoms with Crippen LogP contribution in [0.1, 0.15) is 6.42 Å². The number of imidazole rings is 1. The lowest BCUT2D eigenvalue weighted by molar-refractivity contribution is -0.116.